The van der Waals surface area contributed by atoms with Gasteiger partial charge in [-0.25, -0.2) is 0 Å². The number of hydrogen-bond acceptors (Lipinski definition) is 5. The number of anilines is 1. The molecule has 1 aliphatic heterocycles. The predicted molar refractivity (Wildman–Crippen MR) is 116 cm³/mol. The maximum absolute atomic E-state index is 13.0. The summed E-state index contributed by atoms with van der Waals surface area (Å²) in [4.78, 5) is 38.1. The van der Waals surface area contributed by atoms with Gasteiger partial charge in [-0.05, 0) is 24.6 Å². The molecular weight excluding hydrogens is 396 g/mol. The minimum atomic E-state index is -1.01. The first-order chi connectivity index (χ1) is 14.9. The Kier molecular flexibility index (Phi) is 5.09. The molecule has 1 aliphatic rings. The monoisotopic (exact) mass is 414 g/mol. The Balaban J connectivity index is 1.97. The summed E-state index contributed by atoms with van der Waals surface area (Å²) < 4.78 is 0. The van der Waals surface area contributed by atoms with Gasteiger partial charge in [-0.15, -0.1) is 0 Å². The van der Waals surface area contributed by atoms with Crippen LogP contribution in [0.25, 0.3) is 5.76 Å². The van der Waals surface area contributed by atoms with Gasteiger partial charge in [0.1, 0.15) is 5.76 Å². The highest BCUT2D eigenvalue weighted by Gasteiger charge is 2.47. The molecule has 0 saturated carbocycles. The Labute approximate surface area is 178 Å². The highest BCUT2D eigenvalue weighted by Crippen LogP contribution is 2.42. The summed E-state index contributed by atoms with van der Waals surface area (Å²) in [6.07, 6.45) is 0. The molecule has 1 saturated heterocycles. The van der Waals surface area contributed by atoms with Gasteiger partial charge in [-0.3, -0.25) is 24.6 Å². The second-order valence-electron chi connectivity index (χ2n) is 7.22. The van der Waals surface area contributed by atoms with Crippen molar-refractivity contribution in [1.29, 1.82) is 0 Å². The number of aliphatic hydroxyl groups excluding tert-OH is 1. The van der Waals surface area contributed by atoms with Crippen molar-refractivity contribution in [2.45, 2.75) is 13.0 Å². The Bertz CT molecular complexity index is 1220. The van der Waals surface area contributed by atoms with Crippen LogP contribution in [0, 0.1) is 17.0 Å². The van der Waals surface area contributed by atoms with Gasteiger partial charge < -0.3 is 5.11 Å². The molecule has 7 nitrogen and oxygen atoms in total. The van der Waals surface area contributed by atoms with Crippen molar-refractivity contribution >= 4 is 28.8 Å². The number of nitrogens with zero attached hydrogens (tertiary/aromatic N) is 2. The fraction of sp³-hybridized carbons (Fsp3) is 0.0833. The standard InChI is InChI=1S/C24H18N2O5/c1-15-10-12-18(13-11-15)25-21(17-8-5-9-19(14-17)26(30)31)20(23(28)24(25)29)22(27)16-6-3-2-4-7-16/h2-14,21,27H,1H3/t21-/m1/s1. The third-order valence-electron chi connectivity index (χ3n) is 5.20. The lowest BCUT2D eigenvalue weighted by Crippen LogP contribution is -2.29. The molecule has 0 aliphatic carbocycles. The van der Waals surface area contributed by atoms with Crippen LogP contribution in [0.3, 0.4) is 0 Å². The zero-order valence-electron chi connectivity index (χ0n) is 16.6. The zero-order valence-corrected chi connectivity index (χ0v) is 16.6. The maximum atomic E-state index is 13.0. The first kappa shape index (κ1) is 20.0. The molecule has 4 rings (SSSR count). The normalized spacial score (nSPS) is 17.7. The first-order valence-electron chi connectivity index (χ1n) is 9.56. The van der Waals surface area contributed by atoms with Crippen LogP contribution in [0.2, 0.25) is 0 Å². The molecule has 0 spiro atoms. The lowest BCUT2D eigenvalue weighted by Gasteiger charge is -2.25. The highest BCUT2D eigenvalue weighted by molar-refractivity contribution is 6.51. The molecule has 1 heterocycles. The molecule has 154 valence electrons. The van der Waals surface area contributed by atoms with E-state index in [2.05, 4.69) is 0 Å². The first-order valence-corrected chi connectivity index (χ1v) is 9.56. The third-order valence-corrected chi connectivity index (χ3v) is 5.20. The lowest BCUT2D eigenvalue weighted by atomic mass is 9.95. The number of nitro benzene ring substituents is 1. The highest BCUT2D eigenvalue weighted by atomic mass is 16.6. The van der Waals surface area contributed by atoms with Crippen LogP contribution in [0.15, 0.2) is 84.4 Å². The largest absolute Gasteiger partial charge is 0.507 e. The van der Waals surface area contributed by atoms with Crippen LogP contribution in [0.5, 0.6) is 0 Å². The van der Waals surface area contributed by atoms with Crippen LogP contribution in [0.1, 0.15) is 22.7 Å². The van der Waals surface area contributed by atoms with Crippen LogP contribution < -0.4 is 4.90 Å². The summed E-state index contributed by atoms with van der Waals surface area (Å²) in [6.45, 7) is 1.89. The van der Waals surface area contributed by atoms with Gasteiger partial charge in [0.15, 0.2) is 0 Å². The Morgan fingerprint density at radius 3 is 2.29 bits per heavy atom. The maximum Gasteiger partial charge on any atom is 0.300 e. The third kappa shape index (κ3) is 3.57. The molecule has 1 fully saturated rings. The van der Waals surface area contributed by atoms with Gasteiger partial charge in [0.25, 0.3) is 17.4 Å². The van der Waals surface area contributed by atoms with Crippen LogP contribution in [0.4, 0.5) is 11.4 Å². The van der Waals surface area contributed by atoms with E-state index in [9.17, 15) is 24.8 Å². The van der Waals surface area contributed by atoms with E-state index in [0.29, 0.717) is 16.8 Å². The van der Waals surface area contributed by atoms with Crippen molar-refractivity contribution in [3.05, 3.63) is 111 Å². The summed E-state index contributed by atoms with van der Waals surface area (Å²) in [5, 5.41) is 22.3. The molecule has 3 aromatic carbocycles. The smallest absolute Gasteiger partial charge is 0.300 e. The molecule has 31 heavy (non-hydrogen) atoms. The molecular formula is C24H18N2O5. The quantitative estimate of drug-likeness (QED) is 0.222. The minimum Gasteiger partial charge on any atom is -0.507 e. The average molecular weight is 414 g/mol. The van der Waals surface area contributed by atoms with Crippen molar-refractivity contribution in [2.75, 3.05) is 4.90 Å². The van der Waals surface area contributed by atoms with Crippen molar-refractivity contribution in [1.82, 2.24) is 0 Å². The van der Waals surface area contributed by atoms with Gasteiger partial charge in [0, 0.05) is 23.4 Å². The Morgan fingerprint density at radius 1 is 0.968 bits per heavy atom. The number of amides is 1. The van der Waals surface area contributed by atoms with Crippen LogP contribution >= 0.6 is 0 Å². The molecule has 7 heteroatoms. The van der Waals surface area contributed by atoms with E-state index in [-0.39, 0.29) is 17.0 Å². The minimum absolute atomic E-state index is 0.114. The SMILES string of the molecule is Cc1ccc(N2C(=O)C(=O)C(=C(O)c3ccccc3)[C@H]2c2cccc([N+](=O)[O-])c2)cc1. The number of carbonyl (C=O) groups is 2. The van der Waals surface area contributed by atoms with E-state index < -0.39 is 22.7 Å². The number of aryl methyl sites for hydroxylation is 1. The van der Waals surface area contributed by atoms with E-state index in [1.54, 1.807) is 60.7 Å². The van der Waals surface area contributed by atoms with Gasteiger partial charge in [0.05, 0.1) is 16.5 Å². The predicted octanol–water partition coefficient (Wildman–Crippen LogP) is 4.53. The van der Waals surface area contributed by atoms with Crippen molar-refractivity contribution in [3.8, 4) is 0 Å². The number of non-ortho nitro benzene ring substituents is 1. The second kappa shape index (κ2) is 7.87. The summed E-state index contributed by atoms with van der Waals surface area (Å²) in [7, 11) is 0. The van der Waals surface area contributed by atoms with Gasteiger partial charge in [0.2, 0.25) is 0 Å². The van der Waals surface area contributed by atoms with Gasteiger partial charge in [-0.2, -0.15) is 0 Å². The van der Waals surface area contributed by atoms with Crippen molar-refractivity contribution in [3.63, 3.8) is 0 Å². The van der Waals surface area contributed by atoms with Gasteiger partial charge >= 0.3 is 0 Å². The van der Waals surface area contributed by atoms with Crippen LogP contribution in [-0.2, 0) is 9.59 Å². The number of Topliss-reactive ketones (excluding diaryl/α,β-unsaturated/α-hetero) is 1. The molecule has 0 aromatic heterocycles. The van der Waals surface area contributed by atoms with Gasteiger partial charge in [-0.1, -0.05) is 60.2 Å². The van der Waals surface area contributed by atoms with Crippen molar-refractivity contribution in [2.24, 2.45) is 0 Å². The topological polar surface area (TPSA) is 101 Å². The van der Waals surface area contributed by atoms with E-state index in [1.165, 1.54) is 23.1 Å². The molecule has 0 bridgehead atoms. The summed E-state index contributed by atoms with van der Waals surface area (Å²) >= 11 is 0. The Morgan fingerprint density at radius 2 is 1.65 bits per heavy atom. The van der Waals surface area contributed by atoms with E-state index in [4.69, 9.17) is 0 Å². The Hall–Kier alpha value is -4.26. The van der Waals surface area contributed by atoms with E-state index in [1.807, 2.05) is 6.92 Å². The molecule has 1 N–H and O–H groups in total. The lowest BCUT2D eigenvalue weighted by molar-refractivity contribution is -0.384. The number of ketones is 1. The average Bonchev–Trinajstić information content (AvgIpc) is 3.05. The van der Waals surface area contributed by atoms with E-state index >= 15 is 0 Å². The molecule has 0 unspecified atom stereocenters. The number of aliphatic hydroxyl groups is 1. The molecule has 0 radical (unpaired) electrons. The van der Waals surface area contributed by atoms with Crippen molar-refractivity contribution < 1.29 is 19.6 Å². The fourth-order valence-electron chi connectivity index (χ4n) is 3.68. The van der Waals surface area contributed by atoms with E-state index in [0.717, 1.165) is 5.56 Å². The molecule has 1 amide bonds. The number of rotatable bonds is 4. The fourth-order valence-corrected chi connectivity index (χ4v) is 3.68. The van der Waals surface area contributed by atoms with Crippen LogP contribution in [-0.4, -0.2) is 21.7 Å². The number of hydrogen-bond donors (Lipinski definition) is 1. The summed E-state index contributed by atoms with van der Waals surface area (Å²) in [5.74, 6) is -1.98. The zero-order chi connectivity index (χ0) is 22.1. The number of nitro groups is 1. The molecule has 3 aromatic rings. The summed E-state index contributed by atoms with van der Waals surface area (Å²) in [5.41, 5.74) is 1.86. The number of carbonyl (C=O) groups excluding carboxylic acids is 2. The molecule has 1 atom stereocenters. The number of benzene rings is 3. The second-order valence-corrected chi connectivity index (χ2v) is 7.22. The summed E-state index contributed by atoms with van der Waals surface area (Å²) in [6, 6.07) is 20.2.